The highest BCUT2D eigenvalue weighted by molar-refractivity contribution is 6.30. The lowest BCUT2D eigenvalue weighted by Crippen LogP contribution is -2.25. The molecule has 1 aromatic carbocycles. The second kappa shape index (κ2) is 6.00. The topological polar surface area (TPSA) is 55.3 Å². The molecule has 0 amide bonds. The van der Waals surface area contributed by atoms with Crippen LogP contribution in [0, 0.1) is 0 Å². The lowest BCUT2D eigenvalue weighted by molar-refractivity contribution is 0.297. The largest absolute Gasteiger partial charge is 0.439 e. The van der Waals surface area contributed by atoms with E-state index in [1.165, 1.54) is 0 Å². The van der Waals surface area contributed by atoms with E-state index in [-0.39, 0.29) is 0 Å². The van der Waals surface area contributed by atoms with Crippen molar-refractivity contribution in [1.82, 2.24) is 9.88 Å². The number of nitrogens with two attached hydrogens (primary N) is 1. The Kier molecular flexibility index (Phi) is 4.36. The Balaban J connectivity index is 2.10. The molecule has 0 radical (unpaired) electrons. The third-order valence-electron chi connectivity index (χ3n) is 2.58. The summed E-state index contributed by atoms with van der Waals surface area (Å²) in [5, 5.41) is 0.686. The van der Waals surface area contributed by atoms with Crippen molar-refractivity contribution < 1.29 is 4.42 Å². The van der Waals surface area contributed by atoms with Crippen LogP contribution in [-0.2, 0) is 6.54 Å². The van der Waals surface area contributed by atoms with Crippen molar-refractivity contribution in [2.75, 3.05) is 20.1 Å². The Labute approximate surface area is 111 Å². The molecule has 0 saturated carbocycles. The molecule has 0 aliphatic heterocycles. The van der Waals surface area contributed by atoms with E-state index in [0.29, 0.717) is 24.0 Å². The van der Waals surface area contributed by atoms with E-state index in [1.54, 1.807) is 6.20 Å². The van der Waals surface area contributed by atoms with E-state index in [2.05, 4.69) is 9.88 Å². The average Bonchev–Trinajstić information content (AvgIpc) is 2.78. The molecule has 0 atom stereocenters. The van der Waals surface area contributed by atoms with Gasteiger partial charge in [0, 0.05) is 23.7 Å². The van der Waals surface area contributed by atoms with Gasteiger partial charge in [-0.15, -0.1) is 0 Å². The Hall–Kier alpha value is -1.36. The molecule has 18 heavy (non-hydrogen) atoms. The first-order chi connectivity index (χ1) is 8.69. The molecule has 0 spiro atoms. The van der Waals surface area contributed by atoms with Crippen molar-refractivity contribution in [2.24, 2.45) is 5.73 Å². The van der Waals surface area contributed by atoms with Crippen molar-refractivity contribution in [3.63, 3.8) is 0 Å². The molecule has 0 unspecified atom stereocenters. The van der Waals surface area contributed by atoms with Gasteiger partial charge in [-0.25, -0.2) is 4.98 Å². The van der Waals surface area contributed by atoms with Crippen molar-refractivity contribution in [1.29, 1.82) is 0 Å². The number of hydrogen-bond donors (Lipinski definition) is 1. The molecule has 0 bridgehead atoms. The number of hydrogen-bond acceptors (Lipinski definition) is 4. The third kappa shape index (κ3) is 3.32. The van der Waals surface area contributed by atoms with E-state index in [9.17, 15) is 0 Å². The molecule has 1 aromatic heterocycles. The van der Waals surface area contributed by atoms with Gasteiger partial charge in [-0.3, -0.25) is 4.90 Å². The fourth-order valence-electron chi connectivity index (χ4n) is 1.69. The van der Waals surface area contributed by atoms with Gasteiger partial charge < -0.3 is 10.2 Å². The zero-order valence-corrected chi connectivity index (χ0v) is 11.0. The van der Waals surface area contributed by atoms with Crippen LogP contribution in [0.3, 0.4) is 0 Å². The van der Waals surface area contributed by atoms with Crippen LogP contribution in [0.15, 0.2) is 34.9 Å². The first kappa shape index (κ1) is 13.1. The van der Waals surface area contributed by atoms with Crippen molar-refractivity contribution in [3.05, 3.63) is 41.4 Å². The molecule has 96 valence electrons. The molecule has 2 aromatic rings. The van der Waals surface area contributed by atoms with Gasteiger partial charge in [0.15, 0.2) is 5.76 Å². The SMILES string of the molecule is CN(CCN)Cc1ncc(-c2cccc(Cl)c2)o1. The van der Waals surface area contributed by atoms with Crippen molar-refractivity contribution >= 4 is 11.6 Å². The number of rotatable bonds is 5. The predicted molar refractivity (Wildman–Crippen MR) is 72.3 cm³/mol. The molecule has 0 saturated heterocycles. The quantitative estimate of drug-likeness (QED) is 0.902. The number of nitrogens with zero attached hydrogens (tertiary/aromatic N) is 2. The van der Waals surface area contributed by atoms with Crippen LogP contribution in [0.1, 0.15) is 5.89 Å². The molecule has 4 nitrogen and oxygen atoms in total. The molecule has 0 fully saturated rings. The molecular formula is C13H16ClN3O. The maximum absolute atomic E-state index is 5.94. The van der Waals surface area contributed by atoms with Crippen LogP contribution in [0.2, 0.25) is 5.02 Å². The summed E-state index contributed by atoms with van der Waals surface area (Å²) in [6.07, 6.45) is 1.72. The molecule has 5 heteroatoms. The van der Waals surface area contributed by atoms with Gasteiger partial charge in [-0.2, -0.15) is 0 Å². The Morgan fingerprint density at radius 2 is 2.28 bits per heavy atom. The summed E-state index contributed by atoms with van der Waals surface area (Å²) in [5.41, 5.74) is 6.42. The van der Waals surface area contributed by atoms with E-state index in [4.69, 9.17) is 21.8 Å². The van der Waals surface area contributed by atoms with E-state index in [1.807, 2.05) is 31.3 Å². The van der Waals surface area contributed by atoms with Crippen LogP contribution < -0.4 is 5.73 Å². The lowest BCUT2D eigenvalue weighted by Gasteiger charge is -2.11. The van der Waals surface area contributed by atoms with Gasteiger partial charge in [0.2, 0.25) is 5.89 Å². The summed E-state index contributed by atoms with van der Waals surface area (Å²) in [6, 6.07) is 7.52. The summed E-state index contributed by atoms with van der Waals surface area (Å²) >= 11 is 5.94. The zero-order valence-electron chi connectivity index (χ0n) is 10.3. The highest BCUT2D eigenvalue weighted by Gasteiger charge is 2.08. The van der Waals surface area contributed by atoms with Crippen molar-refractivity contribution in [3.8, 4) is 11.3 Å². The highest BCUT2D eigenvalue weighted by atomic mass is 35.5. The summed E-state index contributed by atoms with van der Waals surface area (Å²) in [5.74, 6) is 1.41. The van der Waals surface area contributed by atoms with Crippen LogP contribution >= 0.6 is 11.6 Å². The number of benzene rings is 1. The normalized spacial score (nSPS) is 11.1. The zero-order chi connectivity index (χ0) is 13.0. The maximum Gasteiger partial charge on any atom is 0.209 e. The highest BCUT2D eigenvalue weighted by Crippen LogP contribution is 2.23. The van der Waals surface area contributed by atoms with Gasteiger partial charge in [0.25, 0.3) is 0 Å². The smallest absolute Gasteiger partial charge is 0.209 e. The first-order valence-electron chi connectivity index (χ1n) is 5.78. The second-order valence-electron chi connectivity index (χ2n) is 4.16. The fraction of sp³-hybridized carbons (Fsp3) is 0.308. The minimum absolute atomic E-state index is 0.623. The molecule has 2 rings (SSSR count). The summed E-state index contributed by atoms with van der Waals surface area (Å²) in [7, 11) is 1.98. The van der Waals surface area contributed by atoms with Gasteiger partial charge in [-0.05, 0) is 19.2 Å². The second-order valence-corrected chi connectivity index (χ2v) is 4.59. The molecule has 0 aliphatic carbocycles. The first-order valence-corrected chi connectivity index (χ1v) is 6.16. The minimum atomic E-state index is 0.623. The standard InChI is InChI=1S/C13H16ClN3O/c1-17(6-5-15)9-13-16-8-12(18-13)10-3-2-4-11(14)7-10/h2-4,7-8H,5-6,9,15H2,1H3. The summed E-state index contributed by atoms with van der Waals surface area (Å²) in [6.45, 7) is 2.09. The Morgan fingerprint density at radius 3 is 3.00 bits per heavy atom. The Bertz CT molecular complexity index is 512. The van der Waals surface area contributed by atoms with Crippen molar-refractivity contribution in [2.45, 2.75) is 6.54 Å². The third-order valence-corrected chi connectivity index (χ3v) is 2.81. The van der Waals surface area contributed by atoms with Gasteiger partial charge in [0.05, 0.1) is 12.7 Å². The number of halogens is 1. The summed E-state index contributed by atoms with van der Waals surface area (Å²) < 4.78 is 5.69. The van der Waals surface area contributed by atoms with Crippen LogP contribution in [0.25, 0.3) is 11.3 Å². The van der Waals surface area contributed by atoms with Crippen LogP contribution in [0.4, 0.5) is 0 Å². The molecular weight excluding hydrogens is 250 g/mol. The molecule has 2 N–H and O–H groups in total. The molecule has 1 heterocycles. The van der Waals surface area contributed by atoms with Gasteiger partial charge >= 0.3 is 0 Å². The number of likely N-dealkylation sites (N-methyl/N-ethyl adjacent to an activating group) is 1. The lowest BCUT2D eigenvalue weighted by atomic mass is 10.2. The number of aromatic nitrogens is 1. The summed E-state index contributed by atoms with van der Waals surface area (Å²) in [4.78, 5) is 6.32. The van der Waals surface area contributed by atoms with E-state index >= 15 is 0 Å². The maximum atomic E-state index is 5.94. The monoisotopic (exact) mass is 265 g/mol. The van der Waals surface area contributed by atoms with E-state index in [0.717, 1.165) is 17.9 Å². The van der Waals surface area contributed by atoms with Crippen LogP contribution in [0.5, 0.6) is 0 Å². The minimum Gasteiger partial charge on any atom is -0.439 e. The van der Waals surface area contributed by atoms with Gasteiger partial charge in [-0.1, -0.05) is 23.7 Å². The number of oxazole rings is 1. The average molecular weight is 266 g/mol. The van der Waals surface area contributed by atoms with E-state index < -0.39 is 0 Å². The molecule has 0 aliphatic rings. The fourth-order valence-corrected chi connectivity index (χ4v) is 1.88. The van der Waals surface area contributed by atoms with Crippen LogP contribution in [-0.4, -0.2) is 30.0 Å². The van der Waals surface area contributed by atoms with Gasteiger partial charge in [0.1, 0.15) is 0 Å². The predicted octanol–water partition coefficient (Wildman–Crippen LogP) is 2.39. The Morgan fingerprint density at radius 1 is 1.44 bits per heavy atom.